The maximum atomic E-state index is 12.9. The predicted octanol–water partition coefficient (Wildman–Crippen LogP) is -0.712. The molecule has 0 saturated carbocycles. The van der Waals surface area contributed by atoms with E-state index in [0.29, 0.717) is 0 Å². The minimum Gasteiger partial charge on any atom is -0.477 e. The van der Waals surface area contributed by atoms with E-state index in [1.807, 2.05) is 0 Å². The fourth-order valence-electron chi connectivity index (χ4n) is 3.10. The van der Waals surface area contributed by atoms with Crippen molar-refractivity contribution in [2.45, 2.75) is 24.8 Å². The number of anilines is 1. The monoisotopic (exact) mass is 524 g/mol. The van der Waals surface area contributed by atoms with Gasteiger partial charge in [0.05, 0.1) is 0 Å². The highest BCUT2D eigenvalue weighted by Gasteiger charge is 2.54. The van der Waals surface area contributed by atoms with Gasteiger partial charge >= 0.3 is 11.9 Å². The van der Waals surface area contributed by atoms with Crippen LogP contribution in [-0.2, 0) is 33.5 Å². The Labute approximate surface area is 206 Å². The van der Waals surface area contributed by atoms with Crippen LogP contribution in [0, 0.1) is 0 Å². The summed E-state index contributed by atoms with van der Waals surface area (Å²) < 4.78 is 8.90. The molecule has 1 aromatic rings. The largest absolute Gasteiger partial charge is 0.477 e. The molecule has 0 aromatic carbocycles. The number of nitrogens with one attached hydrogen (secondary N) is 1. The zero-order chi connectivity index (χ0) is 25.7. The first-order valence-electron chi connectivity index (χ1n) is 9.90. The highest BCUT2D eigenvalue weighted by atomic mass is 32.2. The van der Waals surface area contributed by atoms with Gasteiger partial charge in [0.15, 0.2) is 5.13 Å². The van der Waals surface area contributed by atoms with Crippen LogP contribution in [0.4, 0.5) is 5.13 Å². The average molecular weight is 525 g/mol. The molecule has 2 aliphatic rings. The Morgan fingerprint density at radius 1 is 1.40 bits per heavy atom. The van der Waals surface area contributed by atoms with E-state index in [2.05, 4.69) is 26.4 Å². The van der Waals surface area contributed by atoms with Crippen molar-refractivity contribution in [3.8, 4) is 0 Å². The normalized spacial score (nSPS) is 19.4. The molecule has 1 saturated heterocycles. The Kier molecular flexibility index (Phi) is 8.18. The van der Waals surface area contributed by atoms with Gasteiger partial charge in [0.1, 0.15) is 42.5 Å². The number of nitrogen functional groups attached to an aromatic ring is 1. The number of hydrogen-bond acceptors (Lipinski definition) is 13. The lowest BCUT2D eigenvalue weighted by Crippen LogP contribution is -2.71. The summed E-state index contributed by atoms with van der Waals surface area (Å²) in [6, 6.07) is -1.07. The molecule has 3 rings (SSSR count). The Morgan fingerprint density at radius 3 is 2.74 bits per heavy atom. The lowest BCUT2D eigenvalue weighted by atomic mass is 10.0. The molecule has 0 aliphatic carbocycles. The van der Waals surface area contributed by atoms with Gasteiger partial charge < -0.3 is 25.7 Å². The topological polar surface area (TPSA) is 203 Å². The predicted molar refractivity (Wildman–Crippen MR) is 123 cm³/mol. The summed E-state index contributed by atoms with van der Waals surface area (Å²) in [4.78, 5) is 70.1. The molecule has 16 heteroatoms. The Morgan fingerprint density at radius 2 is 2.14 bits per heavy atom. The van der Waals surface area contributed by atoms with Crippen molar-refractivity contribution in [2.24, 2.45) is 5.16 Å². The van der Waals surface area contributed by atoms with Crippen LogP contribution in [0.3, 0.4) is 0 Å². The Balaban J connectivity index is 1.74. The summed E-state index contributed by atoms with van der Waals surface area (Å²) in [7, 11) is 0. The lowest BCUT2D eigenvalue weighted by molar-refractivity contribution is -0.150. The molecule has 0 radical (unpaired) electrons. The number of ether oxygens (including phenoxy) is 1. The number of carboxylic acid groups (broad SMARTS) is 1. The summed E-state index contributed by atoms with van der Waals surface area (Å²) in [5.74, 6) is -4.09. The number of carbonyl (C=O) groups is 5. The van der Waals surface area contributed by atoms with Crippen LogP contribution in [0.15, 0.2) is 29.1 Å². The molecule has 0 bridgehead atoms. The van der Waals surface area contributed by atoms with Crippen LogP contribution >= 0.6 is 23.3 Å². The van der Waals surface area contributed by atoms with Crippen LogP contribution in [0.5, 0.6) is 0 Å². The number of hydrogen-bond donors (Lipinski definition) is 3. The second kappa shape index (κ2) is 11.1. The smallest absolute Gasteiger partial charge is 0.352 e. The standard InChI is InChI=1S/C19H20N6O8S2/c1-3-4-33-23-11(14-22-19(20)35-24-14)15(28)21-12-16(29)25-13(18(30)31)9(7-34-17(12)25)6-32-10(27)5-8(2)26/h3,12,17H,1,4-7H2,2H3,(H,21,28)(H,30,31)(H2,20,22,24)/t12?,17-/m0/s1. The first kappa shape index (κ1) is 25.8. The quantitative estimate of drug-likeness (QED) is 0.0624. The number of Topliss-reactive ketones (excluding diaryl/α,β-unsaturated/α-hetero) is 1. The molecule has 186 valence electrons. The maximum Gasteiger partial charge on any atom is 0.352 e. The van der Waals surface area contributed by atoms with Crippen molar-refractivity contribution < 1.29 is 38.7 Å². The number of β-lactam (4-membered cyclic amide) rings is 1. The van der Waals surface area contributed by atoms with Crippen LogP contribution in [0.25, 0.3) is 0 Å². The number of amides is 2. The van der Waals surface area contributed by atoms with Crippen molar-refractivity contribution in [2.75, 3.05) is 24.7 Å². The lowest BCUT2D eigenvalue weighted by Gasteiger charge is -2.49. The molecular formula is C19H20N6O8S2. The van der Waals surface area contributed by atoms with E-state index < -0.39 is 47.4 Å². The highest BCUT2D eigenvalue weighted by Crippen LogP contribution is 2.40. The molecule has 2 aliphatic heterocycles. The van der Waals surface area contributed by atoms with Gasteiger partial charge in [-0.1, -0.05) is 17.8 Å². The molecule has 1 unspecified atom stereocenters. The van der Waals surface area contributed by atoms with Crippen molar-refractivity contribution in [1.82, 2.24) is 19.6 Å². The number of carboxylic acids is 1. The van der Waals surface area contributed by atoms with Crippen molar-refractivity contribution in [3.05, 3.63) is 29.7 Å². The van der Waals surface area contributed by atoms with Crippen molar-refractivity contribution in [1.29, 1.82) is 0 Å². The van der Waals surface area contributed by atoms with Crippen LogP contribution < -0.4 is 11.1 Å². The van der Waals surface area contributed by atoms with Gasteiger partial charge in [-0.25, -0.2) is 4.79 Å². The number of thioether (sulfide) groups is 1. The fraction of sp³-hybridized carbons (Fsp3) is 0.368. The Bertz CT molecular complexity index is 1150. The molecule has 4 N–H and O–H groups in total. The van der Waals surface area contributed by atoms with E-state index in [9.17, 15) is 29.1 Å². The Hall–Kier alpha value is -3.79. The van der Waals surface area contributed by atoms with Gasteiger partial charge in [0.25, 0.3) is 11.8 Å². The van der Waals surface area contributed by atoms with Gasteiger partial charge in [-0.3, -0.25) is 24.1 Å². The summed E-state index contributed by atoms with van der Waals surface area (Å²) in [6.07, 6.45) is 0.963. The number of esters is 1. The first-order valence-corrected chi connectivity index (χ1v) is 11.7. The number of aromatic nitrogens is 2. The van der Waals surface area contributed by atoms with E-state index in [-0.39, 0.29) is 46.9 Å². The highest BCUT2D eigenvalue weighted by molar-refractivity contribution is 8.00. The SMILES string of the molecule is C=CCON=C(C(=O)NC1C(=O)N2C(C(=O)O)=C(COC(=O)CC(C)=O)CS[C@@H]12)c1nsc(N)n1. The second-order valence-electron chi connectivity index (χ2n) is 7.14. The summed E-state index contributed by atoms with van der Waals surface area (Å²) >= 11 is 2.01. The minimum absolute atomic E-state index is 0.00243. The number of carbonyl (C=O) groups excluding carboxylic acids is 4. The fourth-order valence-corrected chi connectivity index (χ4v) is 4.86. The van der Waals surface area contributed by atoms with Gasteiger partial charge in [-0.05, 0) is 6.92 Å². The first-order chi connectivity index (χ1) is 16.6. The number of nitrogens with zero attached hydrogens (tertiary/aromatic N) is 4. The van der Waals surface area contributed by atoms with Crippen LogP contribution in [0.1, 0.15) is 19.2 Å². The maximum absolute atomic E-state index is 12.9. The minimum atomic E-state index is -1.40. The molecule has 35 heavy (non-hydrogen) atoms. The van der Waals surface area contributed by atoms with Crippen LogP contribution in [0.2, 0.25) is 0 Å². The number of nitrogens with two attached hydrogens (primary N) is 1. The molecule has 14 nitrogen and oxygen atoms in total. The summed E-state index contributed by atoms with van der Waals surface area (Å²) in [5.41, 5.74) is 5.11. The average Bonchev–Trinajstić information content (AvgIpc) is 3.23. The summed E-state index contributed by atoms with van der Waals surface area (Å²) in [6.45, 7) is 4.31. The molecule has 3 heterocycles. The van der Waals surface area contributed by atoms with E-state index in [1.54, 1.807) is 0 Å². The number of aliphatic carboxylic acids is 1. The van der Waals surface area contributed by atoms with Crippen molar-refractivity contribution in [3.63, 3.8) is 0 Å². The van der Waals surface area contributed by atoms with Gasteiger partial charge in [-0.2, -0.15) is 9.36 Å². The van der Waals surface area contributed by atoms with E-state index in [0.717, 1.165) is 16.4 Å². The zero-order valence-electron chi connectivity index (χ0n) is 18.3. The van der Waals surface area contributed by atoms with Gasteiger partial charge in [0.2, 0.25) is 11.5 Å². The van der Waals surface area contributed by atoms with Crippen molar-refractivity contribution >= 4 is 63.7 Å². The van der Waals surface area contributed by atoms with Gasteiger partial charge in [0, 0.05) is 22.9 Å². The number of rotatable bonds is 11. The number of oxime groups is 1. The zero-order valence-corrected chi connectivity index (χ0v) is 19.9. The van der Waals surface area contributed by atoms with E-state index in [1.165, 1.54) is 24.8 Å². The number of ketones is 1. The third kappa shape index (κ3) is 5.83. The number of fused-ring (bicyclic) bond motifs is 1. The van der Waals surface area contributed by atoms with E-state index >= 15 is 0 Å². The molecule has 1 aromatic heterocycles. The third-order valence-electron chi connectivity index (χ3n) is 4.55. The molecule has 2 atom stereocenters. The summed E-state index contributed by atoms with van der Waals surface area (Å²) in [5, 5.41) is 15.2. The molecule has 1 fully saturated rings. The molecule has 2 amide bonds. The van der Waals surface area contributed by atoms with Gasteiger partial charge in [-0.15, -0.1) is 11.8 Å². The second-order valence-corrected chi connectivity index (χ2v) is 9.03. The third-order valence-corrected chi connectivity index (χ3v) is 6.44. The van der Waals surface area contributed by atoms with E-state index in [4.69, 9.17) is 15.3 Å². The molecular weight excluding hydrogens is 504 g/mol. The molecule has 0 spiro atoms. The van der Waals surface area contributed by atoms with Crippen LogP contribution in [-0.4, -0.2) is 85.0 Å².